The third kappa shape index (κ3) is 25.7. The molecular formula is C21H45ClN2O2. The van der Waals surface area contributed by atoms with Gasteiger partial charge < -0.3 is 27.7 Å². The second-order valence-corrected chi connectivity index (χ2v) is 7.79. The molecule has 1 amide bonds. The standard InChI is InChI=1S/C17H38NO.C4H7NO.ClH/c1-4-5-6-7-8-9-10-11-12-13-15-18(2,3)16-14-17-19;1-3(2)4(5)6;/h19H,4-17H2,1-3H3;1H2,2H3,(H2,5,6);1H/q+1;;/p-1. The van der Waals surface area contributed by atoms with E-state index >= 15 is 0 Å². The van der Waals surface area contributed by atoms with Crippen LogP contribution in [-0.4, -0.2) is 49.3 Å². The molecule has 3 N–H and O–H groups in total. The lowest BCUT2D eigenvalue weighted by Crippen LogP contribution is -3.00. The van der Waals surface area contributed by atoms with Crippen molar-refractivity contribution in [1.82, 2.24) is 0 Å². The summed E-state index contributed by atoms with van der Waals surface area (Å²) in [5.41, 5.74) is 5.09. The molecule has 0 atom stereocenters. The minimum absolute atomic E-state index is 0. The van der Waals surface area contributed by atoms with Gasteiger partial charge >= 0.3 is 0 Å². The van der Waals surface area contributed by atoms with Gasteiger partial charge in [-0.3, -0.25) is 4.79 Å². The SMILES string of the molecule is C=C(C)C(N)=O.CCCCCCCCCCCC[N+](C)(C)CCCO.[Cl-]. The average molecular weight is 393 g/mol. The van der Waals surface area contributed by atoms with Gasteiger partial charge in [0.05, 0.1) is 27.2 Å². The number of carbonyl (C=O) groups excluding carboxylic acids is 1. The molecule has 0 fully saturated rings. The van der Waals surface area contributed by atoms with Crippen LogP contribution in [0.25, 0.3) is 0 Å². The van der Waals surface area contributed by atoms with E-state index in [0.717, 1.165) is 17.4 Å². The second-order valence-electron chi connectivity index (χ2n) is 7.79. The van der Waals surface area contributed by atoms with Crippen molar-refractivity contribution in [1.29, 1.82) is 0 Å². The summed E-state index contributed by atoms with van der Waals surface area (Å²) in [4.78, 5) is 9.82. The molecule has 0 rings (SSSR count). The lowest BCUT2D eigenvalue weighted by atomic mass is 10.1. The van der Waals surface area contributed by atoms with E-state index in [2.05, 4.69) is 27.6 Å². The van der Waals surface area contributed by atoms with Crippen LogP contribution in [0.1, 0.15) is 84.5 Å². The molecule has 26 heavy (non-hydrogen) atoms. The van der Waals surface area contributed by atoms with Gasteiger partial charge in [-0.1, -0.05) is 64.9 Å². The van der Waals surface area contributed by atoms with E-state index in [-0.39, 0.29) is 12.4 Å². The Morgan fingerprint density at radius 1 is 0.885 bits per heavy atom. The van der Waals surface area contributed by atoms with Gasteiger partial charge in [-0.05, 0) is 19.8 Å². The van der Waals surface area contributed by atoms with Crippen LogP contribution in [0.3, 0.4) is 0 Å². The lowest BCUT2D eigenvalue weighted by molar-refractivity contribution is -0.890. The molecule has 0 aromatic rings. The van der Waals surface area contributed by atoms with Gasteiger partial charge in [0.1, 0.15) is 0 Å². The number of unbranched alkanes of at least 4 members (excludes halogenated alkanes) is 9. The number of amides is 1. The molecule has 158 valence electrons. The van der Waals surface area contributed by atoms with E-state index < -0.39 is 5.91 Å². The molecule has 0 bridgehead atoms. The summed E-state index contributed by atoms with van der Waals surface area (Å²) < 4.78 is 1.07. The zero-order valence-electron chi connectivity index (χ0n) is 17.9. The van der Waals surface area contributed by atoms with Gasteiger partial charge in [-0.25, -0.2) is 0 Å². The first-order chi connectivity index (χ1) is 11.8. The molecule has 0 aliphatic carbocycles. The van der Waals surface area contributed by atoms with Crippen molar-refractivity contribution in [2.75, 3.05) is 33.8 Å². The molecule has 0 heterocycles. The minimum atomic E-state index is -0.435. The third-order valence-electron chi connectivity index (χ3n) is 4.46. The number of quaternary nitrogens is 1. The smallest absolute Gasteiger partial charge is 0.243 e. The average Bonchev–Trinajstić information content (AvgIpc) is 2.55. The maximum absolute atomic E-state index is 9.82. The monoisotopic (exact) mass is 392 g/mol. The van der Waals surface area contributed by atoms with Gasteiger partial charge in [-0.2, -0.15) is 0 Å². The molecule has 0 spiro atoms. The molecule has 4 nitrogen and oxygen atoms in total. The van der Waals surface area contributed by atoms with Crippen LogP contribution in [0.2, 0.25) is 0 Å². The zero-order valence-corrected chi connectivity index (χ0v) is 18.6. The fourth-order valence-electron chi connectivity index (χ4n) is 2.64. The number of aliphatic hydroxyl groups is 1. The molecule has 0 aromatic heterocycles. The lowest BCUT2D eigenvalue weighted by Gasteiger charge is -2.29. The van der Waals surface area contributed by atoms with Crippen molar-refractivity contribution >= 4 is 5.91 Å². The fourth-order valence-corrected chi connectivity index (χ4v) is 2.64. The van der Waals surface area contributed by atoms with Crippen LogP contribution in [0, 0.1) is 0 Å². The number of carbonyl (C=O) groups is 1. The van der Waals surface area contributed by atoms with E-state index in [0.29, 0.717) is 12.2 Å². The summed E-state index contributed by atoms with van der Waals surface area (Å²) >= 11 is 0. The highest BCUT2D eigenvalue weighted by Crippen LogP contribution is 2.11. The molecule has 0 aromatic carbocycles. The largest absolute Gasteiger partial charge is 1.00 e. The Balaban J connectivity index is -0.000000649. The number of primary amides is 1. The third-order valence-corrected chi connectivity index (χ3v) is 4.46. The highest BCUT2D eigenvalue weighted by Gasteiger charge is 2.12. The summed E-state index contributed by atoms with van der Waals surface area (Å²) in [6.45, 7) is 9.83. The summed E-state index contributed by atoms with van der Waals surface area (Å²) in [5.74, 6) is -0.435. The Labute approximate surface area is 169 Å². The van der Waals surface area contributed by atoms with Gasteiger partial charge in [0.2, 0.25) is 5.91 Å². The first kappa shape index (κ1) is 30.2. The minimum Gasteiger partial charge on any atom is -1.00 e. The van der Waals surface area contributed by atoms with Crippen molar-refractivity contribution < 1.29 is 26.8 Å². The topological polar surface area (TPSA) is 63.3 Å². The predicted octanol–water partition coefficient (Wildman–Crippen LogP) is 1.42. The van der Waals surface area contributed by atoms with Crippen LogP contribution in [0.15, 0.2) is 12.2 Å². The van der Waals surface area contributed by atoms with E-state index in [9.17, 15) is 4.79 Å². The summed E-state index contributed by atoms with van der Waals surface area (Å²) in [5, 5.41) is 8.87. The maximum atomic E-state index is 9.82. The normalized spacial score (nSPS) is 10.5. The Hall–Kier alpha value is -0.580. The molecule has 0 aliphatic heterocycles. The summed E-state index contributed by atoms with van der Waals surface area (Å²) in [6, 6.07) is 0. The second kappa shape index (κ2) is 20.7. The molecule has 0 aliphatic rings. The Morgan fingerprint density at radius 3 is 1.58 bits per heavy atom. The number of rotatable bonds is 15. The number of hydrogen-bond donors (Lipinski definition) is 2. The van der Waals surface area contributed by atoms with Gasteiger partial charge in [-0.15, -0.1) is 0 Å². The van der Waals surface area contributed by atoms with Crippen LogP contribution < -0.4 is 18.1 Å². The molecular weight excluding hydrogens is 348 g/mol. The predicted molar refractivity (Wildman–Crippen MR) is 109 cm³/mol. The number of hydrogen-bond acceptors (Lipinski definition) is 2. The Kier molecular flexibility index (Phi) is 24.0. The maximum Gasteiger partial charge on any atom is 0.243 e. The van der Waals surface area contributed by atoms with Gasteiger partial charge in [0.25, 0.3) is 0 Å². The molecule has 0 saturated carbocycles. The Bertz CT molecular complexity index is 322. The molecule has 0 saturated heterocycles. The highest BCUT2D eigenvalue weighted by atomic mass is 35.5. The highest BCUT2D eigenvalue weighted by molar-refractivity contribution is 5.90. The van der Waals surface area contributed by atoms with Crippen molar-refractivity contribution in [3.8, 4) is 0 Å². The van der Waals surface area contributed by atoms with Crippen LogP contribution >= 0.6 is 0 Å². The van der Waals surface area contributed by atoms with Crippen LogP contribution in [0.5, 0.6) is 0 Å². The number of nitrogens with zero attached hydrogens (tertiary/aromatic N) is 1. The fraction of sp³-hybridized carbons (Fsp3) is 0.857. The zero-order chi connectivity index (χ0) is 19.6. The van der Waals surface area contributed by atoms with E-state index in [1.54, 1.807) is 6.92 Å². The van der Waals surface area contributed by atoms with E-state index in [1.165, 1.54) is 70.8 Å². The first-order valence-corrected chi connectivity index (χ1v) is 10.1. The van der Waals surface area contributed by atoms with Gasteiger partial charge in [0, 0.05) is 18.6 Å². The van der Waals surface area contributed by atoms with Crippen molar-refractivity contribution in [2.45, 2.75) is 84.5 Å². The number of aliphatic hydroxyl groups excluding tert-OH is 1. The van der Waals surface area contributed by atoms with E-state index in [4.69, 9.17) is 10.8 Å². The molecule has 5 heteroatoms. The quantitative estimate of drug-likeness (QED) is 0.251. The van der Waals surface area contributed by atoms with E-state index in [1.807, 2.05) is 0 Å². The van der Waals surface area contributed by atoms with Crippen LogP contribution in [-0.2, 0) is 4.79 Å². The van der Waals surface area contributed by atoms with Crippen molar-refractivity contribution in [2.24, 2.45) is 5.73 Å². The summed E-state index contributed by atoms with van der Waals surface area (Å²) in [7, 11) is 4.56. The Morgan fingerprint density at radius 2 is 1.23 bits per heavy atom. The first-order valence-electron chi connectivity index (χ1n) is 10.1. The summed E-state index contributed by atoms with van der Waals surface area (Å²) in [6.07, 6.45) is 15.0. The van der Waals surface area contributed by atoms with Crippen molar-refractivity contribution in [3.05, 3.63) is 12.2 Å². The molecule has 0 radical (unpaired) electrons. The van der Waals surface area contributed by atoms with Gasteiger partial charge in [0.15, 0.2) is 0 Å². The number of halogens is 1. The van der Waals surface area contributed by atoms with Crippen molar-refractivity contribution in [3.63, 3.8) is 0 Å². The molecule has 0 unspecified atom stereocenters. The number of nitrogens with two attached hydrogens (primary N) is 1. The van der Waals surface area contributed by atoms with Crippen LogP contribution in [0.4, 0.5) is 0 Å².